The molecule has 1 aliphatic heterocycles. The van der Waals surface area contributed by atoms with E-state index in [1.807, 2.05) is 37.3 Å². The fraction of sp³-hybridized carbons (Fsp3) is 0.435. The molecule has 1 heterocycles. The third kappa shape index (κ3) is 5.04. The third-order valence-electron chi connectivity index (χ3n) is 5.55. The molecule has 0 aliphatic carbocycles. The van der Waals surface area contributed by atoms with E-state index in [0.29, 0.717) is 0 Å². The van der Waals surface area contributed by atoms with E-state index in [0.717, 1.165) is 44.7 Å². The van der Waals surface area contributed by atoms with Gasteiger partial charge in [0, 0.05) is 31.9 Å². The van der Waals surface area contributed by atoms with Crippen LogP contribution in [0, 0.1) is 0 Å². The molecular formula is C23H31N3O2. The molecule has 28 heavy (non-hydrogen) atoms. The number of benzene rings is 2. The van der Waals surface area contributed by atoms with Crippen LogP contribution < -0.4 is 10.2 Å². The van der Waals surface area contributed by atoms with Crippen molar-refractivity contribution >= 4 is 11.6 Å². The van der Waals surface area contributed by atoms with Gasteiger partial charge in [0.05, 0.1) is 12.1 Å². The lowest BCUT2D eigenvalue weighted by molar-refractivity contribution is -0.126. The second-order valence-electron chi connectivity index (χ2n) is 7.48. The SMILES string of the molecule is CCCC(NC(=O)C(C)N1CCN(c2ccc(O)cc2)CC1)c1ccccc1. The minimum absolute atomic E-state index is 0.0689. The van der Waals surface area contributed by atoms with Crippen molar-refractivity contribution in [1.29, 1.82) is 0 Å². The topological polar surface area (TPSA) is 55.8 Å². The first-order valence-electron chi connectivity index (χ1n) is 10.2. The summed E-state index contributed by atoms with van der Waals surface area (Å²) in [4.78, 5) is 17.4. The van der Waals surface area contributed by atoms with Gasteiger partial charge in [-0.15, -0.1) is 0 Å². The Balaban J connectivity index is 1.55. The average molecular weight is 382 g/mol. The number of phenolic OH excluding ortho intramolecular Hbond substituents is 1. The number of carbonyl (C=O) groups is 1. The highest BCUT2D eigenvalue weighted by Crippen LogP contribution is 2.21. The van der Waals surface area contributed by atoms with E-state index in [2.05, 4.69) is 34.2 Å². The zero-order valence-corrected chi connectivity index (χ0v) is 16.8. The second kappa shape index (κ2) is 9.60. The van der Waals surface area contributed by atoms with Crippen LogP contribution in [0.1, 0.15) is 38.3 Å². The molecule has 1 saturated heterocycles. The zero-order valence-electron chi connectivity index (χ0n) is 16.8. The number of carbonyl (C=O) groups excluding carboxylic acids is 1. The minimum Gasteiger partial charge on any atom is -0.508 e. The van der Waals surface area contributed by atoms with Gasteiger partial charge in [0.2, 0.25) is 5.91 Å². The Morgan fingerprint density at radius 1 is 1.04 bits per heavy atom. The number of anilines is 1. The van der Waals surface area contributed by atoms with Crippen LogP contribution in [0.25, 0.3) is 0 Å². The van der Waals surface area contributed by atoms with Gasteiger partial charge in [0.1, 0.15) is 5.75 Å². The molecule has 2 N–H and O–H groups in total. The van der Waals surface area contributed by atoms with Gasteiger partial charge in [-0.25, -0.2) is 0 Å². The highest BCUT2D eigenvalue weighted by atomic mass is 16.3. The van der Waals surface area contributed by atoms with E-state index in [1.54, 1.807) is 12.1 Å². The Hall–Kier alpha value is -2.53. The minimum atomic E-state index is -0.148. The number of rotatable bonds is 7. The van der Waals surface area contributed by atoms with Crippen LogP contribution in [-0.4, -0.2) is 48.1 Å². The quantitative estimate of drug-likeness (QED) is 0.770. The van der Waals surface area contributed by atoms with Crippen LogP contribution in [-0.2, 0) is 4.79 Å². The number of nitrogens with zero attached hydrogens (tertiary/aromatic N) is 2. The molecule has 0 saturated carbocycles. The summed E-state index contributed by atoms with van der Waals surface area (Å²) in [7, 11) is 0. The highest BCUT2D eigenvalue weighted by molar-refractivity contribution is 5.81. The van der Waals surface area contributed by atoms with Gasteiger partial charge < -0.3 is 15.3 Å². The number of hydrogen-bond acceptors (Lipinski definition) is 4. The third-order valence-corrected chi connectivity index (χ3v) is 5.55. The summed E-state index contributed by atoms with van der Waals surface area (Å²) in [6.45, 7) is 7.59. The molecule has 0 spiro atoms. The summed E-state index contributed by atoms with van der Waals surface area (Å²) in [5.74, 6) is 0.383. The van der Waals surface area contributed by atoms with Crippen molar-refractivity contribution in [2.24, 2.45) is 0 Å². The lowest BCUT2D eigenvalue weighted by Crippen LogP contribution is -2.54. The Bertz CT molecular complexity index is 740. The van der Waals surface area contributed by atoms with E-state index in [-0.39, 0.29) is 23.7 Å². The largest absolute Gasteiger partial charge is 0.508 e. The zero-order chi connectivity index (χ0) is 19.9. The van der Waals surface area contributed by atoms with Gasteiger partial charge in [0.25, 0.3) is 0 Å². The molecule has 150 valence electrons. The molecule has 0 bridgehead atoms. The molecule has 2 aromatic carbocycles. The molecule has 2 unspecified atom stereocenters. The standard InChI is InChI=1S/C23H31N3O2/c1-3-7-22(19-8-5-4-6-9-19)24-23(28)18(2)25-14-16-26(17-15-25)20-10-12-21(27)13-11-20/h4-6,8-13,18,22,27H,3,7,14-17H2,1-2H3,(H,24,28). The monoisotopic (exact) mass is 381 g/mol. The maximum Gasteiger partial charge on any atom is 0.237 e. The van der Waals surface area contributed by atoms with Crippen molar-refractivity contribution in [1.82, 2.24) is 10.2 Å². The lowest BCUT2D eigenvalue weighted by Gasteiger charge is -2.39. The van der Waals surface area contributed by atoms with Gasteiger partial charge >= 0.3 is 0 Å². The summed E-state index contributed by atoms with van der Waals surface area (Å²) >= 11 is 0. The molecule has 5 heteroatoms. The predicted octanol–water partition coefficient (Wildman–Crippen LogP) is 3.56. The van der Waals surface area contributed by atoms with E-state index in [9.17, 15) is 9.90 Å². The van der Waals surface area contributed by atoms with Crippen LogP contribution in [0.5, 0.6) is 5.75 Å². The first-order valence-corrected chi connectivity index (χ1v) is 10.2. The molecule has 2 aromatic rings. The maximum absolute atomic E-state index is 12.9. The first kappa shape index (κ1) is 20.2. The van der Waals surface area contributed by atoms with Gasteiger partial charge in [-0.05, 0) is 43.2 Å². The highest BCUT2D eigenvalue weighted by Gasteiger charge is 2.27. The molecule has 0 aromatic heterocycles. The van der Waals surface area contributed by atoms with Crippen molar-refractivity contribution < 1.29 is 9.90 Å². The molecule has 1 aliphatic rings. The summed E-state index contributed by atoms with van der Waals surface area (Å²) in [5, 5.41) is 12.7. The van der Waals surface area contributed by atoms with Gasteiger partial charge in [0.15, 0.2) is 0 Å². The Labute approximate surface area is 168 Å². The lowest BCUT2D eigenvalue weighted by atomic mass is 10.0. The van der Waals surface area contributed by atoms with Crippen LogP contribution in [0.3, 0.4) is 0 Å². The van der Waals surface area contributed by atoms with Crippen LogP contribution in [0.2, 0.25) is 0 Å². The molecule has 3 rings (SSSR count). The van der Waals surface area contributed by atoms with Crippen LogP contribution in [0.15, 0.2) is 54.6 Å². The van der Waals surface area contributed by atoms with E-state index in [1.165, 1.54) is 5.56 Å². The summed E-state index contributed by atoms with van der Waals surface area (Å²) < 4.78 is 0. The van der Waals surface area contributed by atoms with Crippen LogP contribution >= 0.6 is 0 Å². The summed E-state index contributed by atoms with van der Waals surface area (Å²) in [6, 6.07) is 17.5. The smallest absolute Gasteiger partial charge is 0.237 e. The fourth-order valence-corrected chi connectivity index (χ4v) is 3.79. The second-order valence-corrected chi connectivity index (χ2v) is 7.48. The van der Waals surface area contributed by atoms with Crippen molar-refractivity contribution in [3.8, 4) is 5.75 Å². The van der Waals surface area contributed by atoms with Gasteiger partial charge in [-0.3, -0.25) is 9.69 Å². The number of amides is 1. The number of aromatic hydroxyl groups is 1. The van der Waals surface area contributed by atoms with Crippen LogP contribution in [0.4, 0.5) is 5.69 Å². The number of hydrogen-bond donors (Lipinski definition) is 2. The molecule has 5 nitrogen and oxygen atoms in total. The fourth-order valence-electron chi connectivity index (χ4n) is 3.79. The first-order chi connectivity index (χ1) is 13.6. The Morgan fingerprint density at radius 3 is 2.29 bits per heavy atom. The van der Waals surface area contributed by atoms with Gasteiger partial charge in [-0.2, -0.15) is 0 Å². The molecular weight excluding hydrogens is 350 g/mol. The molecule has 1 amide bonds. The van der Waals surface area contributed by atoms with E-state index in [4.69, 9.17) is 0 Å². The number of nitrogens with one attached hydrogen (secondary N) is 1. The van der Waals surface area contributed by atoms with Gasteiger partial charge in [-0.1, -0.05) is 43.7 Å². The summed E-state index contributed by atoms with van der Waals surface area (Å²) in [5.41, 5.74) is 2.28. The summed E-state index contributed by atoms with van der Waals surface area (Å²) in [6.07, 6.45) is 1.97. The average Bonchev–Trinajstić information content (AvgIpc) is 2.74. The molecule has 0 radical (unpaired) electrons. The normalized spacial score (nSPS) is 17.1. The van der Waals surface area contributed by atoms with Crippen molar-refractivity contribution in [3.05, 3.63) is 60.2 Å². The maximum atomic E-state index is 12.9. The predicted molar refractivity (Wildman–Crippen MR) is 114 cm³/mol. The van der Waals surface area contributed by atoms with Crippen molar-refractivity contribution in [2.75, 3.05) is 31.1 Å². The number of piperazine rings is 1. The number of phenols is 1. The molecule has 1 fully saturated rings. The van der Waals surface area contributed by atoms with Crippen molar-refractivity contribution in [2.45, 2.75) is 38.8 Å². The van der Waals surface area contributed by atoms with Crippen molar-refractivity contribution in [3.63, 3.8) is 0 Å². The van der Waals surface area contributed by atoms with E-state index >= 15 is 0 Å². The molecule has 2 atom stereocenters. The van der Waals surface area contributed by atoms with E-state index < -0.39 is 0 Å². The Kier molecular flexibility index (Phi) is 6.93. The Morgan fingerprint density at radius 2 is 1.68 bits per heavy atom.